The standard InChI is InChI=1S/C12H14N2O5.C2H6/c1-6(16)13-8-4-9(17)11(18)10(7(8)5-15)12(19)14(2)3;1-2/h4-5,17-18H,1-3H3,(H,13,16);1-2H3. The van der Waals surface area contributed by atoms with Crippen molar-refractivity contribution in [2.75, 3.05) is 19.4 Å². The van der Waals surface area contributed by atoms with Crippen LogP contribution in [0.15, 0.2) is 6.07 Å². The summed E-state index contributed by atoms with van der Waals surface area (Å²) in [5.74, 6) is -2.44. The van der Waals surface area contributed by atoms with Crippen molar-refractivity contribution in [2.24, 2.45) is 0 Å². The zero-order valence-corrected chi connectivity index (χ0v) is 12.7. The topological polar surface area (TPSA) is 107 Å². The van der Waals surface area contributed by atoms with Gasteiger partial charge in [-0.3, -0.25) is 14.4 Å². The normalized spacial score (nSPS) is 9.19. The van der Waals surface area contributed by atoms with E-state index in [0.29, 0.717) is 6.29 Å². The molecule has 0 spiro atoms. The first-order valence-corrected chi connectivity index (χ1v) is 6.33. The van der Waals surface area contributed by atoms with E-state index in [0.717, 1.165) is 11.0 Å². The van der Waals surface area contributed by atoms with E-state index in [-0.39, 0.29) is 16.8 Å². The Morgan fingerprint density at radius 3 is 2.14 bits per heavy atom. The number of rotatable bonds is 3. The van der Waals surface area contributed by atoms with Gasteiger partial charge in [-0.1, -0.05) is 13.8 Å². The lowest BCUT2D eigenvalue weighted by Gasteiger charge is -2.16. The Morgan fingerprint density at radius 2 is 1.76 bits per heavy atom. The van der Waals surface area contributed by atoms with Gasteiger partial charge in [0.2, 0.25) is 5.91 Å². The fraction of sp³-hybridized carbons (Fsp3) is 0.357. The van der Waals surface area contributed by atoms with Crippen molar-refractivity contribution in [2.45, 2.75) is 20.8 Å². The molecule has 0 saturated carbocycles. The molecular weight excluding hydrogens is 276 g/mol. The SMILES string of the molecule is CC.CC(=O)Nc1cc(O)c(O)c(C(=O)N(C)C)c1C=O. The molecule has 0 heterocycles. The summed E-state index contributed by atoms with van der Waals surface area (Å²) in [6, 6.07) is 1.01. The van der Waals surface area contributed by atoms with Crippen LogP contribution >= 0.6 is 0 Å². The fourth-order valence-electron chi connectivity index (χ4n) is 1.53. The van der Waals surface area contributed by atoms with E-state index in [1.165, 1.54) is 21.0 Å². The fourth-order valence-corrected chi connectivity index (χ4v) is 1.53. The first-order chi connectivity index (χ1) is 9.79. The number of nitrogens with one attached hydrogen (secondary N) is 1. The zero-order valence-electron chi connectivity index (χ0n) is 12.7. The number of phenols is 2. The van der Waals surface area contributed by atoms with Crippen LogP contribution in [0, 0.1) is 0 Å². The smallest absolute Gasteiger partial charge is 0.258 e. The molecule has 0 unspecified atom stereocenters. The van der Waals surface area contributed by atoms with Crippen molar-refractivity contribution in [3.63, 3.8) is 0 Å². The molecule has 21 heavy (non-hydrogen) atoms. The van der Waals surface area contributed by atoms with Gasteiger partial charge in [0, 0.05) is 27.1 Å². The van der Waals surface area contributed by atoms with Crippen LogP contribution in [0.2, 0.25) is 0 Å². The third-order valence-corrected chi connectivity index (χ3v) is 2.37. The Morgan fingerprint density at radius 1 is 1.24 bits per heavy atom. The molecule has 0 aliphatic carbocycles. The van der Waals surface area contributed by atoms with Crippen LogP contribution in [-0.2, 0) is 4.79 Å². The molecule has 3 N–H and O–H groups in total. The number of anilines is 1. The van der Waals surface area contributed by atoms with Gasteiger partial charge in [-0.05, 0) is 0 Å². The average Bonchev–Trinajstić information content (AvgIpc) is 2.43. The number of phenolic OH excluding ortho intramolecular Hbond substituents is 2. The van der Waals surface area contributed by atoms with E-state index in [9.17, 15) is 24.6 Å². The Labute approximate surface area is 123 Å². The van der Waals surface area contributed by atoms with Gasteiger partial charge in [-0.25, -0.2) is 0 Å². The first kappa shape index (κ1) is 18.4. The van der Waals surface area contributed by atoms with Gasteiger partial charge >= 0.3 is 0 Å². The highest BCUT2D eigenvalue weighted by atomic mass is 16.3. The van der Waals surface area contributed by atoms with Crippen molar-refractivity contribution >= 4 is 23.8 Å². The minimum absolute atomic E-state index is 0.0389. The lowest BCUT2D eigenvalue weighted by molar-refractivity contribution is -0.114. The Kier molecular flexibility index (Phi) is 6.92. The lowest BCUT2D eigenvalue weighted by atomic mass is 10.0. The second-order valence-corrected chi connectivity index (χ2v) is 4.08. The van der Waals surface area contributed by atoms with Crippen molar-refractivity contribution < 1.29 is 24.6 Å². The molecule has 0 aliphatic rings. The zero-order chi connectivity index (χ0) is 16.7. The number of carbonyl (C=O) groups is 3. The van der Waals surface area contributed by atoms with Gasteiger partial charge in [-0.15, -0.1) is 0 Å². The number of benzene rings is 1. The molecule has 0 fully saturated rings. The van der Waals surface area contributed by atoms with Crippen LogP contribution in [0.5, 0.6) is 11.5 Å². The van der Waals surface area contributed by atoms with E-state index in [2.05, 4.69) is 5.32 Å². The number of nitrogens with zero attached hydrogens (tertiary/aromatic N) is 1. The minimum Gasteiger partial charge on any atom is -0.504 e. The van der Waals surface area contributed by atoms with E-state index < -0.39 is 23.3 Å². The second kappa shape index (κ2) is 7.88. The van der Waals surface area contributed by atoms with Gasteiger partial charge in [0.15, 0.2) is 17.8 Å². The summed E-state index contributed by atoms with van der Waals surface area (Å²) < 4.78 is 0. The molecule has 0 bridgehead atoms. The number of hydrogen-bond acceptors (Lipinski definition) is 5. The van der Waals surface area contributed by atoms with Gasteiger partial charge in [0.1, 0.15) is 0 Å². The van der Waals surface area contributed by atoms with E-state index in [1.807, 2.05) is 13.8 Å². The maximum absolute atomic E-state index is 11.9. The van der Waals surface area contributed by atoms with Crippen LogP contribution in [0.25, 0.3) is 0 Å². The summed E-state index contributed by atoms with van der Waals surface area (Å²) in [4.78, 5) is 35.2. The van der Waals surface area contributed by atoms with Gasteiger partial charge in [0.25, 0.3) is 5.91 Å². The summed E-state index contributed by atoms with van der Waals surface area (Å²) in [6.45, 7) is 5.21. The maximum Gasteiger partial charge on any atom is 0.258 e. The van der Waals surface area contributed by atoms with Crippen LogP contribution < -0.4 is 5.32 Å². The minimum atomic E-state index is -0.699. The monoisotopic (exact) mass is 296 g/mol. The number of carbonyl (C=O) groups excluding carboxylic acids is 3. The Bertz CT molecular complexity index is 553. The highest BCUT2D eigenvalue weighted by Gasteiger charge is 2.24. The van der Waals surface area contributed by atoms with Crippen molar-refractivity contribution in [3.05, 3.63) is 17.2 Å². The van der Waals surface area contributed by atoms with Crippen molar-refractivity contribution in [1.82, 2.24) is 4.90 Å². The first-order valence-electron chi connectivity index (χ1n) is 6.33. The predicted molar refractivity (Wildman–Crippen MR) is 78.8 cm³/mol. The summed E-state index contributed by atoms with van der Waals surface area (Å²) in [6.07, 6.45) is 0.334. The molecule has 2 amide bonds. The molecule has 0 aliphatic heterocycles. The molecule has 0 saturated heterocycles. The lowest BCUT2D eigenvalue weighted by Crippen LogP contribution is -2.24. The molecule has 7 nitrogen and oxygen atoms in total. The van der Waals surface area contributed by atoms with Crippen LogP contribution in [0.1, 0.15) is 41.5 Å². The summed E-state index contributed by atoms with van der Waals surface area (Å²) in [5, 5.41) is 21.6. The average molecular weight is 296 g/mol. The van der Waals surface area contributed by atoms with Crippen molar-refractivity contribution in [1.29, 1.82) is 0 Å². The highest BCUT2D eigenvalue weighted by Crippen LogP contribution is 2.36. The molecule has 1 rings (SSSR count). The number of aromatic hydroxyl groups is 2. The number of hydrogen-bond donors (Lipinski definition) is 3. The highest BCUT2D eigenvalue weighted by molar-refractivity contribution is 6.09. The van der Waals surface area contributed by atoms with Gasteiger partial charge in [-0.2, -0.15) is 0 Å². The summed E-state index contributed by atoms with van der Waals surface area (Å²) in [7, 11) is 2.86. The van der Waals surface area contributed by atoms with Gasteiger partial charge in [0.05, 0.1) is 16.8 Å². The van der Waals surface area contributed by atoms with E-state index in [1.54, 1.807) is 0 Å². The molecule has 7 heteroatoms. The number of aldehydes is 1. The number of amides is 2. The quantitative estimate of drug-likeness (QED) is 0.446. The molecule has 1 aromatic rings. The molecule has 1 aromatic carbocycles. The Hall–Kier alpha value is -2.57. The van der Waals surface area contributed by atoms with Crippen LogP contribution in [0.3, 0.4) is 0 Å². The molecule has 116 valence electrons. The molecule has 0 atom stereocenters. The third-order valence-electron chi connectivity index (χ3n) is 2.37. The van der Waals surface area contributed by atoms with Crippen LogP contribution in [0.4, 0.5) is 5.69 Å². The summed E-state index contributed by atoms with van der Waals surface area (Å²) >= 11 is 0. The summed E-state index contributed by atoms with van der Waals surface area (Å²) in [5.41, 5.74) is -0.587. The van der Waals surface area contributed by atoms with Crippen molar-refractivity contribution in [3.8, 4) is 11.5 Å². The van der Waals surface area contributed by atoms with Crippen LogP contribution in [-0.4, -0.2) is 47.3 Å². The van der Waals surface area contributed by atoms with Gasteiger partial charge < -0.3 is 20.4 Å². The van der Waals surface area contributed by atoms with E-state index in [4.69, 9.17) is 0 Å². The molecule has 0 radical (unpaired) electrons. The van der Waals surface area contributed by atoms with E-state index >= 15 is 0 Å². The predicted octanol–water partition coefficient (Wildman–Crippen LogP) is 1.60. The maximum atomic E-state index is 11.9. The Balaban J connectivity index is 0.00000191. The second-order valence-electron chi connectivity index (χ2n) is 4.08. The largest absolute Gasteiger partial charge is 0.504 e. The third kappa shape index (κ3) is 4.20. The molecule has 0 aromatic heterocycles. The molecular formula is C14H20N2O5.